The SMILES string of the molecule is C.CC1(C)OB(c2ccccc2)OC1(C)C.CNC(=O)OC(C)(C)C.CNC(=O)OC(C)(C)C.O=Cc1cccc(-c2ccccc2)c1.O=Cc1cccc(Br)c1. The van der Waals surface area contributed by atoms with Crippen molar-refractivity contribution in [3.8, 4) is 11.1 Å². The topological polar surface area (TPSA) is 129 Å². The molecule has 1 heterocycles. The zero-order chi connectivity index (χ0) is 42.6. The van der Waals surface area contributed by atoms with E-state index in [4.69, 9.17) is 18.8 Å². The van der Waals surface area contributed by atoms with Crippen LogP contribution in [0.5, 0.6) is 0 Å². The average Bonchev–Trinajstić information content (AvgIpc) is 3.37. The van der Waals surface area contributed by atoms with Gasteiger partial charge in [-0.1, -0.05) is 114 Å². The molecule has 0 saturated carbocycles. The fraction of sp³-hybridized carbons (Fsp3) is 0.378. The van der Waals surface area contributed by atoms with Gasteiger partial charge in [0.15, 0.2) is 0 Å². The normalized spacial score (nSPS) is 13.2. The monoisotopic (exact) mass is 848 g/mol. The maximum Gasteiger partial charge on any atom is 0.494 e. The van der Waals surface area contributed by atoms with E-state index >= 15 is 0 Å². The van der Waals surface area contributed by atoms with Crippen LogP contribution in [0.2, 0.25) is 0 Å². The Morgan fingerprint density at radius 3 is 1.35 bits per heavy atom. The molecule has 2 N–H and O–H groups in total. The highest BCUT2D eigenvalue weighted by Gasteiger charge is 2.51. The molecule has 0 atom stereocenters. The van der Waals surface area contributed by atoms with Crippen LogP contribution in [0.1, 0.15) is 97.4 Å². The molecule has 1 fully saturated rings. The predicted octanol–water partition coefficient (Wildman–Crippen LogP) is 10.3. The first-order valence-corrected chi connectivity index (χ1v) is 18.9. The zero-order valence-corrected chi connectivity index (χ0v) is 36.4. The Hall–Kier alpha value is -4.78. The predicted molar refractivity (Wildman–Crippen MR) is 236 cm³/mol. The minimum Gasteiger partial charge on any atom is -0.444 e. The second-order valence-electron chi connectivity index (χ2n) is 15.3. The Morgan fingerprint density at radius 2 is 1.00 bits per heavy atom. The number of rotatable bonds is 4. The number of hydrogen-bond donors (Lipinski definition) is 2. The van der Waals surface area contributed by atoms with E-state index in [1.807, 2.05) is 133 Å². The summed E-state index contributed by atoms with van der Waals surface area (Å²) < 4.78 is 22.5. The molecular weight excluding hydrogens is 787 g/mol. The molecule has 0 radical (unpaired) electrons. The van der Waals surface area contributed by atoms with Crippen LogP contribution in [-0.2, 0) is 18.8 Å². The van der Waals surface area contributed by atoms with E-state index < -0.39 is 0 Å². The third kappa shape index (κ3) is 21.4. The Balaban J connectivity index is 0.000000700. The molecular formula is C45H62BBrN2O8. The molecule has 0 spiro atoms. The van der Waals surface area contributed by atoms with Gasteiger partial charge in [0, 0.05) is 29.7 Å². The molecule has 2 amide bonds. The van der Waals surface area contributed by atoms with Crippen LogP contribution in [0, 0.1) is 0 Å². The van der Waals surface area contributed by atoms with Crippen LogP contribution < -0.4 is 16.1 Å². The third-order valence-electron chi connectivity index (χ3n) is 7.65. The second-order valence-corrected chi connectivity index (χ2v) is 16.2. The van der Waals surface area contributed by atoms with Gasteiger partial charge in [-0.2, -0.15) is 0 Å². The van der Waals surface area contributed by atoms with Crippen molar-refractivity contribution in [3.63, 3.8) is 0 Å². The summed E-state index contributed by atoms with van der Waals surface area (Å²) in [6.07, 6.45) is 0.919. The molecule has 0 aromatic heterocycles. The first kappa shape index (κ1) is 52.2. The number of aldehydes is 2. The van der Waals surface area contributed by atoms with Crippen molar-refractivity contribution in [1.82, 2.24) is 10.6 Å². The molecule has 310 valence electrons. The largest absolute Gasteiger partial charge is 0.494 e. The van der Waals surface area contributed by atoms with Crippen molar-refractivity contribution in [2.24, 2.45) is 0 Å². The highest BCUT2D eigenvalue weighted by molar-refractivity contribution is 9.10. The molecule has 5 rings (SSSR count). The Morgan fingerprint density at radius 1 is 0.614 bits per heavy atom. The van der Waals surface area contributed by atoms with Crippen molar-refractivity contribution in [3.05, 3.63) is 125 Å². The first-order valence-electron chi connectivity index (χ1n) is 18.1. The van der Waals surface area contributed by atoms with Gasteiger partial charge in [0.1, 0.15) is 23.8 Å². The van der Waals surface area contributed by atoms with Crippen molar-refractivity contribution < 1.29 is 38.0 Å². The summed E-state index contributed by atoms with van der Waals surface area (Å²) in [5, 5.41) is 4.72. The molecule has 0 aliphatic carbocycles. The van der Waals surface area contributed by atoms with Crippen molar-refractivity contribution >= 4 is 53.3 Å². The summed E-state index contributed by atoms with van der Waals surface area (Å²) in [5.74, 6) is 0. The number of carbonyl (C=O) groups excluding carboxylic acids is 4. The van der Waals surface area contributed by atoms with Gasteiger partial charge < -0.3 is 29.4 Å². The van der Waals surface area contributed by atoms with Crippen LogP contribution in [0.3, 0.4) is 0 Å². The summed E-state index contributed by atoms with van der Waals surface area (Å²) >= 11 is 3.24. The lowest BCUT2D eigenvalue weighted by Gasteiger charge is -2.32. The molecule has 0 bridgehead atoms. The average molecular weight is 850 g/mol. The van der Waals surface area contributed by atoms with Gasteiger partial charge in [0.05, 0.1) is 11.2 Å². The lowest BCUT2D eigenvalue weighted by atomic mass is 9.79. The third-order valence-corrected chi connectivity index (χ3v) is 8.14. The number of benzene rings is 4. The van der Waals surface area contributed by atoms with Crippen molar-refractivity contribution in [2.45, 2.75) is 99.1 Å². The fourth-order valence-corrected chi connectivity index (χ4v) is 4.67. The standard InChI is InChI=1S/C13H10O.C12H17BO2.C7H5BrO.2C6H13NO2.CH4/c14-10-11-5-4-8-13(9-11)12-6-2-1-3-7-12;1-11(2)12(3,4)15-13(14-11)10-8-6-5-7-9-10;8-7-3-1-2-6(4-7)5-9;2*1-6(2,3)9-5(8)7-4;/h1-10H;5-9H,1-4H3;1-5H;2*1-4H3,(H,7,8);1H4. The molecule has 0 unspecified atom stereocenters. The Kier molecular flexibility index (Phi) is 22.7. The van der Waals surface area contributed by atoms with E-state index in [1.165, 1.54) is 14.1 Å². The summed E-state index contributed by atoms with van der Waals surface area (Å²) in [7, 11) is 2.83. The number of nitrogens with one attached hydrogen (secondary N) is 2. The molecule has 12 heteroatoms. The summed E-state index contributed by atoms with van der Waals surface area (Å²) in [6, 6.07) is 34.9. The van der Waals surface area contributed by atoms with E-state index in [1.54, 1.807) is 18.2 Å². The van der Waals surface area contributed by atoms with Gasteiger partial charge in [0.2, 0.25) is 0 Å². The van der Waals surface area contributed by atoms with E-state index in [-0.39, 0.29) is 49.1 Å². The van der Waals surface area contributed by atoms with Gasteiger partial charge in [-0.25, -0.2) is 9.59 Å². The molecule has 4 aromatic rings. The summed E-state index contributed by atoms with van der Waals surface area (Å²) in [5.41, 5.74) is 3.42. The fourth-order valence-electron chi connectivity index (χ4n) is 4.25. The van der Waals surface area contributed by atoms with E-state index in [0.29, 0.717) is 11.1 Å². The number of alkyl carbamates (subject to hydrolysis) is 2. The quantitative estimate of drug-likeness (QED) is 0.153. The van der Waals surface area contributed by atoms with Crippen LogP contribution in [0.15, 0.2) is 114 Å². The smallest absolute Gasteiger partial charge is 0.444 e. The van der Waals surface area contributed by atoms with Crippen molar-refractivity contribution in [2.75, 3.05) is 14.1 Å². The number of hydrogen-bond acceptors (Lipinski definition) is 8. The minimum atomic E-state index is -0.389. The molecule has 1 aliphatic heterocycles. The molecule has 10 nitrogen and oxygen atoms in total. The van der Waals surface area contributed by atoms with Crippen LogP contribution in [-0.4, -0.2) is 68.4 Å². The zero-order valence-electron chi connectivity index (χ0n) is 34.8. The maximum absolute atomic E-state index is 10.6. The molecule has 4 aromatic carbocycles. The lowest BCUT2D eigenvalue weighted by Crippen LogP contribution is -2.41. The highest BCUT2D eigenvalue weighted by Crippen LogP contribution is 2.36. The van der Waals surface area contributed by atoms with Crippen molar-refractivity contribution in [1.29, 1.82) is 0 Å². The lowest BCUT2D eigenvalue weighted by molar-refractivity contribution is 0.00578. The van der Waals surface area contributed by atoms with E-state index in [0.717, 1.165) is 33.6 Å². The van der Waals surface area contributed by atoms with Crippen LogP contribution >= 0.6 is 15.9 Å². The number of carbonyl (C=O) groups is 4. The highest BCUT2D eigenvalue weighted by atomic mass is 79.9. The van der Waals surface area contributed by atoms with Gasteiger partial charge in [-0.05, 0) is 104 Å². The Bertz CT molecular complexity index is 1750. The summed E-state index contributed by atoms with van der Waals surface area (Å²) in [6.45, 7) is 19.2. The first-order chi connectivity index (χ1) is 26.1. The molecule has 1 aliphatic rings. The van der Waals surface area contributed by atoms with E-state index in [2.05, 4.69) is 54.3 Å². The number of halogens is 1. The molecule has 1 saturated heterocycles. The number of amides is 2. The van der Waals surface area contributed by atoms with Gasteiger partial charge in [-0.3, -0.25) is 9.59 Å². The van der Waals surface area contributed by atoms with E-state index in [9.17, 15) is 19.2 Å². The molecule has 57 heavy (non-hydrogen) atoms. The van der Waals surface area contributed by atoms with Gasteiger partial charge in [0.25, 0.3) is 0 Å². The number of ether oxygens (including phenoxy) is 2. The Labute approximate surface area is 349 Å². The van der Waals surface area contributed by atoms with Crippen LogP contribution in [0.4, 0.5) is 9.59 Å². The summed E-state index contributed by atoms with van der Waals surface area (Å²) in [4.78, 5) is 41.7. The van der Waals surface area contributed by atoms with Gasteiger partial charge in [-0.15, -0.1) is 0 Å². The maximum atomic E-state index is 10.6. The van der Waals surface area contributed by atoms with Crippen LogP contribution in [0.25, 0.3) is 11.1 Å². The minimum absolute atomic E-state index is 0. The van der Waals surface area contributed by atoms with Gasteiger partial charge >= 0.3 is 19.3 Å². The second kappa shape index (κ2) is 24.8.